The fourth-order valence-corrected chi connectivity index (χ4v) is 7.79. The topological polar surface area (TPSA) is 47.6 Å². The minimum Gasteiger partial charge on any atom is -0.192 e. The Labute approximate surface area is 317 Å². The summed E-state index contributed by atoms with van der Waals surface area (Å²) >= 11 is 0. The highest BCUT2D eigenvalue weighted by atomic mass is 14.2. The molecule has 6 rings (SSSR count). The Balaban J connectivity index is 0.977. The molecule has 2 heteroatoms. The van der Waals surface area contributed by atoms with Gasteiger partial charge in [-0.05, 0) is 181 Å². The quantitative estimate of drug-likeness (QED) is 0.120. The Bertz CT molecular complexity index is 2160. The molecule has 0 aliphatic carbocycles. The van der Waals surface area contributed by atoms with E-state index in [1.807, 2.05) is 48.5 Å². The predicted molar refractivity (Wildman–Crippen MR) is 223 cm³/mol. The summed E-state index contributed by atoms with van der Waals surface area (Å²) in [4.78, 5) is 0. The molecule has 0 heterocycles. The fourth-order valence-electron chi connectivity index (χ4n) is 7.79. The van der Waals surface area contributed by atoms with E-state index < -0.39 is 0 Å². The summed E-state index contributed by atoms with van der Waals surface area (Å²) in [5, 5.41) is 18.3. The van der Waals surface area contributed by atoms with Crippen LogP contribution in [-0.4, -0.2) is 0 Å². The van der Waals surface area contributed by atoms with E-state index in [1.165, 1.54) is 110 Å². The third-order valence-corrected chi connectivity index (χ3v) is 11.4. The molecule has 0 saturated carbocycles. The number of unbranched alkanes of at least 4 members (excludes halogenated alkanes) is 4. The first-order chi connectivity index (χ1) is 25.7. The summed E-state index contributed by atoms with van der Waals surface area (Å²) in [6.45, 7) is 13.4. The van der Waals surface area contributed by atoms with Crippen LogP contribution in [0.5, 0.6) is 0 Å². The monoisotopic (exact) mass is 690 g/mol. The zero-order chi connectivity index (χ0) is 37.5. The van der Waals surface area contributed by atoms with Crippen molar-refractivity contribution in [3.05, 3.63) is 165 Å². The Morgan fingerprint density at radius 3 is 0.981 bits per heavy atom. The molecule has 264 valence electrons. The van der Waals surface area contributed by atoms with Crippen LogP contribution in [0.25, 0.3) is 44.5 Å². The second kappa shape index (κ2) is 16.8. The van der Waals surface area contributed by atoms with Crippen LogP contribution in [0.3, 0.4) is 0 Å². The lowest BCUT2D eigenvalue weighted by Gasteiger charge is -2.16. The number of rotatable bonds is 12. The summed E-state index contributed by atoms with van der Waals surface area (Å²) in [5.41, 5.74) is 22.1. The molecule has 0 unspecified atom stereocenters. The molecule has 6 aromatic rings. The zero-order valence-corrected chi connectivity index (χ0v) is 32.2. The molecular formula is C51H50N2. The summed E-state index contributed by atoms with van der Waals surface area (Å²) in [6.07, 6.45) is 8.55. The van der Waals surface area contributed by atoms with Gasteiger partial charge in [-0.15, -0.1) is 0 Å². The van der Waals surface area contributed by atoms with Crippen molar-refractivity contribution in [2.75, 3.05) is 0 Å². The van der Waals surface area contributed by atoms with Gasteiger partial charge < -0.3 is 0 Å². The van der Waals surface area contributed by atoms with Crippen molar-refractivity contribution in [2.45, 2.75) is 86.5 Å². The minimum absolute atomic E-state index is 0.690. The highest BCUT2D eigenvalue weighted by molar-refractivity contribution is 5.79. The van der Waals surface area contributed by atoms with Gasteiger partial charge in [-0.25, -0.2) is 0 Å². The average Bonchev–Trinajstić information content (AvgIpc) is 3.17. The third-order valence-electron chi connectivity index (χ3n) is 11.4. The van der Waals surface area contributed by atoms with E-state index in [2.05, 4.69) is 114 Å². The Kier molecular flexibility index (Phi) is 11.7. The molecule has 0 saturated heterocycles. The lowest BCUT2D eigenvalue weighted by atomic mass is 9.89. The van der Waals surface area contributed by atoms with E-state index in [9.17, 15) is 0 Å². The lowest BCUT2D eigenvalue weighted by molar-refractivity contribution is 0.612. The van der Waals surface area contributed by atoms with Gasteiger partial charge in [-0.2, -0.15) is 10.5 Å². The van der Waals surface area contributed by atoms with Crippen molar-refractivity contribution < 1.29 is 0 Å². The smallest absolute Gasteiger partial charge is 0.0991 e. The summed E-state index contributed by atoms with van der Waals surface area (Å²) in [6, 6.07) is 43.1. The van der Waals surface area contributed by atoms with Crippen LogP contribution in [0.1, 0.15) is 87.7 Å². The van der Waals surface area contributed by atoms with Crippen LogP contribution < -0.4 is 0 Å². The van der Waals surface area contributed by atoms with Crippen molar-refractivity contribution in [3.63, 3.8) is 0 Å². The summed E-state index contributed by atoms with van der Waals surface area (Å²) in [7, 11) is 0. The Morgan fingerprint density at radius 1 is 0.358 bits per heavy atom. The van der Waals surface area contributed by atoms with Gasteiger partial charge in [0.2, 0.25) is 0 Å². The van der Waals surface area contributed by atoms with Crippen molar-refractivity contribution in [1.29, 1.82) is 10.5 Å². The largest absolute Gasteiger partial charge is 0.192 e. The number of hydrogen-bond acceptors (Lipinski definition) is 2. The molecule has 0 radical (unpaired) electrons. The van der Waals surface area contributed by atoms with E-state index in [0.29, 0.717) is 11.1 Å². The van der Waals surface area contributed by atoms with Gasteiger partial charge in [-0.1, -0.05) is 104 Å². The highest BCUT2D eigenvalue weighted by Gasteiger charge is 2.13. The molecule has 0 atom stereocenters. The van der Waals surface area contributed by atoms with Crippen LogP contribution in [-0.2, 0) is 12.8 Å². The minimum atomic E-state index is 0.690. The summed E-state index contributed by atoms with van der Waals surface area (Å²) in [5.74, 6) is 0. The molecule has 0 aromatic heterocycles. The molecule has 0 spiro atoms. The summed E-state index contributed by atoms with van der Waals surface area (Å²) < 4.78 is 0. The molecule has 0 aliphatic rings. The van der Waals surface area contributed by atoms with Crippen LogP contribution in [0.4, 0.5) is 0 Å². The van der Waals surface area contributed by atoms with Crippen LogP contribution in [0, 0.1) is 64.2 Å². The fraction of sp³-hybridized carbons (Fsp3) is 0.255. The van der Waals surface area contributed by atoms with Gasteiger partial charge >= 0.3 is 0 Å². The molecule has 2 nitrogen and oxygen atoms in total. The van der Waals surface area contributed by atoms with E-state index in [1.54, 1.807) is 0 Å². The van der Waals surface area contributed by atoms with E-state index in [0.717, 1.165) is 24.0 Å². The molecular weight excluding hydrogens is 641 g/mol. The Morgan fingerprint density at radius 2 is 0.660 bits per heavy atom. The SMILES string of the molecule is Cc1cc(-c2ccc(-c3ccc(C#N)cc3)c(C)c2C)ccc1CCCCCCCc1ccc(-c2ccc(-c3ccc(C#N)cc3)c(C)c2C)cc1C. The van der Waals surface area contributed by atoms with Crippen molar-refractivity contribution in [1.82, 2.24) is 0 Å². The van der Waals surface area contributed by atoms with Crippen LogP contribution in [0.2, 0.25) is 0 Å². The van der Waals surface area contributed by atoms with Gasteiger partial charge in [0.1, 0.15) is 0 Å². The lowest BCUT2D eigenvalue weighted by Crippen LogP contribution is -1.95. The molecule has 53 heavy (non-hydrogen) atoms. The Hall–Kier alpha value is -5.70. The van der Waals surface area contributed by atoms with E-state index in [-0.39, 0.29) is 0 Å². The van der Waals surface area contributed by atoms with E-state index in [4.69, 9.17) is 10.5 Å². The first kappa shape index (κ1) is 37.1. The second-order valence-corrected chi connectivity index (χ2v) is 14.7. The van der Waals surface area contributed by atoms with Gasteiger partial charge in [0.15, 0.2) is 0 Å². The third kappa shape index (κ3) is 8.35. The molecule has 0 N–H and O–H groups in total. The number of hydrogen-bond donors (Lipinski definition) is 0. The molecule has 0 bridgehead atoms. The maximum absolute atomic E-state index is 9.16. The molecule has 0 aliphatic heterocycles. The molecule has 0 amide bonds. The number of nitrogens with zero attached hydrogens (tertiary/aromatic N) is 2. The molecule has 0 fully saturated rings. The zero-order valence-electron chi connectivity index (χ0n) is 32.2. The second-order valence-electron chi connectivity index (χ2n) is 14.7. The number of benzene rings is 6. The highest BCUT2D eigenvalue weighted by Crippen LogP contribution is 2.35. The van der Waals surface area contributed by atoms with Crippen molar-refractivity contribution >= 4 is 0 Å². The standard InChI is InChI=1S/C51H50N2/c1-34-30-46(50-28-26-48(36(3)38(50)5)44-18-14-40(32-52)15-19-44)24-22-42(34)12-10-8-7-9-11-13-43-23-25-47(31-35(43)2)51-29-27-49(37(4)39(51)6)45-20-16-41(33-53)17-21-45/h14-31H,7-13H2,1-6H3. The first-order valence-electron chi connectivity index (χ1n) is 19.1. The average molecular weight is 691 g/mol. The number of aryl methyl sites for hydroxylation is 4. The first-order valence-corrected chi connectivity index (χ1v) is 19.1. The van der Waals surface area contributed by atoms with Crippen LogP contribution >= 0.6 is 0 Å². The molecule has 6 aromatic carbocycles. The van der Waals surface area contributed by atoms with Gasteiger partial charge in [0.25, 0.3) is 0 Å². The number of nitriles is 2. The van der Waals surface area contributed by atoms with Gasteiger partial charge in [-0.3, -0.25) is 0 Å². The van der Waals surface area contributed by atoms with Crippen molar-refractivity contribution in [2.24, 2.45) is 0 Å². The van der Waals surface area contributed by atoms with Crippen molar-refractivity contribution in [3.8, 4) is 56.6 Å². The van der Waals surface area contributed by atoms with E-state index >= 15 is 0 Å². The van der Waals surface area contributed by atoms with Gasteiger partial charge in [0.05, 0.1) is 23.3 Å². The van der Waals surface area contributed by atoms with Crippen LogP contribution in [0.15, 0.2) is 109 Å². The maximum Gasteiger partial charge on any atom is 0.0991 e. The predicted octanol–water partition coefficient (Wildman–Crippen LogP) is 13.7. The normalized spacial score (nSPS) is 10.9. The van der Waals surface area contributed by atoms with Gasteiger partial charge in [0, 0.05) is 0 Å². The maximum atomic E-state index is 9.16.